The summed E-state index contributed by atoms with van der Waals surface area (Å²) in [5.74, 6) is 1.49. The van der Waals surface area contributed by atoms with Gasteiger partial charge in [-0.3, -0.25) is 4.79 Å². The molecular weight excluding hydrogens is 412 g/mol. The first-order valence-electron chi connectivity index (χ1n) is 11.3. The van der Waals surface area contributed by atoms with Gasteiger partial charge in [0.2, 0.25) is 11.9 Å². The van der Waals surface area contributed by atoms with Crippen LogP contribution in [0.2, 0.25) is 0 Å². The van der Waals surface area contributed by atoms with Gasteiger partial charge in [0.15, 0.2) is 9.84 Å². The number of aryl methyl sites for hydroxylation is 1. The maximum atomic E-state index is 13.3. The Morgan fingerprint density at radius 1 is 1.23 bits per heavy atom. The van der Waals surface area contributed by atoms with E-state index in [4.69, 9.17) is 9.97 Å². The predicted molar refractivity (Wildman–Crippen MR) is 122 cm³/mol. The van der Waals surface area contributed by atoms with E-state index in [1.165, 1.54) is 19.1 Å². The molecule has 1 amide bonds. The molecule has 1 atom stereocenters. The van der Waals surface area contributed by atoms with Gasteiger partial charge in [0.1, 0.15) is 0 Å². The van der Waals surface area contributed by atoms with Crippen molar-refractivity contribution in [1.29, 1.82) is 0 Å². The molecule has 0 spiro atoms. The lowest BCUT2D eigenvalue weighted by molar-refractivity contribution is -0.136. The molecule has 1 saturated heterocycles. The fourth-order valence-electron chi connectivity index (χ4n) is 4.42. The van der Waals surface area contributed by atoms with Gasteiger partial charge in [0.25, 0.3) is 0 Å². The second-order valence-electron chi connectivity index (χ2n) is 9.07. The summed E-state index contributed by atoms with van der Waals surface area (Å²) in [4.78, 5) is 27.0. The highest BCUT2D eigenvalue weighted by molar-refractivity contribution is 7.90. The van der Waals surface area contributed by atoms with Crippen molar-refractivity contribution in [3.8, 4) is 0 Å². The van der Waals surface area contributed by atoms with E-state index in [1.807, 2.05) is 6.92 Å². The summed E-state index contributed by atoms with van der Waals surface area (Å²) in [5, 5.41) is 0.847. The Labute approximate surface area is 184 Å². The molecule has 0 N–H and O–H groups in total. The van der Waals surface area contributed by atoms with Crippen LogP contribution in [0.3, 0.4) is 0 Å². The normalized spacial score (nSPS) is 19.6. The Balaban J connectivity index is 1.57. The van der Waals surface area contributed by atoms with Gasteiger partial charge in [0.05, 0.1) is 22.0 Å². The molecule has 0 bridgehead atoms. The number of fused-ring (bicyclic) bond motifs is 1. The molecule has 0 unspecified atom stereocenters. The Bertz CT molecular complexity index is 1080. The van der Waals surface area contributed by atoms with Gasteiger partial charge in [-0.25, -0.2) is 18.4 Å². The van der Waals surface area contributed by atoms with Crippen LogP contribution in [0.15, 0.2) is 23.1 Å². The summed E-state index contributed by atoms with van der Waals surface area (Å²) in [6.45, 7) is 7.17. The molecule has 4 rings (SSSR count). The number of piperidine rings is 1. The summed E-state index contributed by atoms with van der Waals surface area (Å²) in [6, 6.07) is 4.99. The van der Waals surface area contributed by atoms with Crippen LogP contribution in [0, 0.1) is 18.8 Å². The third-order valence-corrected chi connectivity index (χ3v) is 7.42. The first-order chi connectivity index (χ1) is 14.8. The Morgan fingerprint density at radius 2 is 2.00 bits per heavy atom. The van der Waals surface area contributed by atoms with Crippen LogP contribution >= 0.6 is 0 Å². The number of benzene rings is 1. The molecule has 168 valence electrons. The number of carbonyl (C=O) groups excluding carboxylic acids is 1. The van der Waals surface area contributed by atoms with E-state index in [0.717, 1.165) is 50.0 Å². The molecular formula is C23H32N4O3S. The third kappa shape index (κ3) is 5.00. The number of sulfone groups is 1. The zero-order chi connectivity index (χ0) is 22.2. The molecule has 7 nitrogen and oxygen atoms in total. The number of hydrogen-bond acceptors (Lipinski definition) is 6. The summed E-state index contributed by atoms with van der Waals surface area (Å²) in [6.07, 6.45) is 6.47. The number of aromatic nitrogens is 2. The van der Waals surface area contributed by atoms with Crippen molar-refractivity contribution in [3.63, 3.8) is 0 Å². The van der Waals surface area contributed by atoms with E-state index in [-0.39, 0.29) is 16.7 Å². The summed E-state index contributed by atoms with van der Waals surface area (Å²) >= 11 is 0. The van der Waals surface area contributed by atoms with E-state index in [9.17, 15) is 13.2 Å². The lowest BCUT2D eigenvalue weighted by Crippen LogP contribution is -2.46. The van der Waals surface area contributed by atoms with Crippen molar-refractivity contribution in [3.05, 3.63) is 23.9 Å². The van der Waals surface area contributed by atoms with Crippen LogP contribution in [-0.4, -0.2) is 61.6 Å². The Hall–Kier alpha value is -2.22. The SMILES string of the molecule is CCCN(CC1CC1)C(=O)[C@@H]1CCCN(c2nc(C)c3ccc(S(C)(=O)=O)cc3n2)C1. The molecule has 2 aliphatic rings. The molecule has 2 aromatic rings. The number of carbonyl (C=O) groups is 1. The predicted octanol–water partition coefficient (Wildman–Crippen LogP) is 3.21. The fraction of sp³-hybridized carbons (Fsp3) is 0.609. The second kappa shape index (κ2) is 8.73. The highest BCUT2D eigenvalue weighted by atomic mass is 32.2. The molecule has 1 aliphatic carbocycles. The third-order valence-electron chi connectivity index (χ3n) is 6.31. The number of anilines is 1. The molecule has 1 aliphatic heterocycles. The van der Waals surface area contributed by atoms with Crippen LogP contribution in [0.5, 0.6) is 0 Å². The first-order valence-corrected chi connectivity index (χ1v) is 13.2. The zero-order valence-electron chi connectivity index (χ0n) is 18.7. The molecule has 8 heteroatoms. The van der Waals surface area contributed by atoms with Crippen molar-refractivity contribution >= 4 is 32.6 Å². The summed E-state index contributed by atoms with van der Waals surface area (Å²) in [7, 11) is -3.31. The number of rotatable bonds is 7. The van der Waals surface area contributed by atoms with E-state index >= 15 is 0 Å². The average Bonchev–Trinajstić information content (AvgIpc) is 3.56. The Kier molecular flexibility index (Phi) is 6.19. The minimum atomic E-state index is -3.31. The van der Waals surface area contributed by atoms with Crippen molar-refractivity contribution < 1.29 is 13.2 Å². The van der Waals surface area contributed by atoms with Gasteiger partial charge in [-0.05, 0) is 63.1 Å². The molecule has 1 saturated carbocycles. The van der Waals surface area contributed by atoms with E-state index in [1.54, 1.807) is 18.2 Å². The zero-order valence-corrected chi connectivity index (χ0v) is 19.5. The number of amides is 1. The molecule has 1 aromatic heterocycles. The van der Waals surface area contributed by atoms with Crippen molar-refractivity contribution in [1.82, 2.24) is 14.9 Å². The van der Waals surface area contributed by atoms with Crippen molar-refractivity contribution in [2.75, 3.05) is 37.3 Å². The van der Waals surface area contributed by atoms with Crippen LogP contribution in [0.4, 0.5) is 5.95 Å². The van der Waals surface area contributed by atoms with E-state index in [0.29, 0.717) is 23.9 Å². The fourth-order valence-corrected chi connectivity index (χ4v) is 5.06. The van der Waals surface area contributed by atoms with Crippen LogP contribution in [-0.2, 0) is 14.6 Å². The van der Waals surface area contributed by atoms with E-state index < -0.39 is 9.84 Å². The lowest BCUT2D eigenvalue weighted by Gasteiger charge is -2.35. The van der Waals surface area contributed by atoms with Crippen molar-refractivity contribution in [2.45, 2.75) is 50.8 Å². The largest absolute Gasteiger partial charge is 0.342 e. The van der Waals surface area contributed by atoms with Crippen LogP contribution in [0.25, 0.3) is 10.9 Å². The minimum absolute atomic E-state index is 0.0407. The monoisotopic (exact) mass is 444 g/mol. The Morgan fingerprint density at radius 3 is 2.68 bits per heavy atom. The van der Waals surface area contributed by atoms with Gasteiger partial charge >= 0.3 is 0 Å². The van der Waals surface area contributed by atoms with Crippen LogP contribution in [0.1, 0.15) is 44.7 Å². The maximum Gasteiger partial charge on any atom is 0.227 e. The minimum Gasteiger partial charge on any atom is -0.342 e. The topological polar surface area (TPSA) is 83.5 Å². The highest BCUT2D eigenvalue weighted by Gasteiger charge is 2.33. The molecule has 1 aromatic carbocycles. The van der Waals surface area contributed by atoms with Gasteiger partial charge in [-0.15, -0.1) is 0 Å². The highest BCUT2D eigenvalue weighted by Crippen LogP contribution is 2.31. The molecule has 31 heavy (non-hydrogen) atoms. The van der Waals surface area contributed by atoms with E-state index in [2.05, 4.69) is 16.7 Å². The number of hydrogen-bond donors (Lipinski definition) is 0. The summed E-state index contributed by atoms with van der Waals surface area (Å²) < 4.78 is 23.9. The standard InChI is InChI=1S/C23H32N4O3S/c1-4-11-26(14-17-7-8-17)22(28)18-6-5-12-27(15-18)23-24-16(2)20-10-9-19(31(3,29)30)13-21(20)25-23/h9-10,13,17-18H,4-8,11-12,14-15H2,1-3H3/t18-/m1/s1. The molecule has 2 heterocycles. The summed E-state index contributed by atoms with van der Waals surface area (Å²) in [5.41, 5.74) is 1.44. The van der Waals surface area contributed by atoms with Gasteiger partial charge in [0, 0.05) is 37.8 Å². The maximum absolute atomic E-state index is 13.3. The van der Waals surface area contributed by atoms with Crippen molar-refractivity contribution in [2.24, 2.45) is 11.8 Å². The average molecular weight is 445 g/mol. The quantitative estimate of drug-likeness (QED) is 0.652. The first kappa shape index (κ1) is 22.0. The molecule has 0 radical (unpaired) electrons. The smallest absolute Gasteiger partial charge is 0.227 e. The van der Waals surface area contributed by atoms with Gasteiger partial charge in [-0.2, -0.15) is 0 Å². The van der Waals surface area contributed by atoms with Crippen LogP contribution < -0.4 is 4.90 Å². The van der Waals surface area contributed by atoms with Gasteiger partial charge in [-0.1, -0.05) is 6.92 Å². The second-order valence-corrected chi connectivity index (χ2v) is 11.1. The molecule has 2 fully saturated rings. The number of nitrogens with zero attached hydrogens (tertiary/aromatic N) is 4. The lowest BCUT2D eigenvalue weighted by atomic mass is 9.96. The van der Waals surface area contributed by atoms with Gasteiger partial charge < -0.3 is 9.80 Å².